The Hall–Kier alpha value is -1.09. The Balaban J connectivity index is 0.00000288. The van der Waals surface area contributed by atoms with E-state index in [1.165, 1.54) is 10.6 Å². The zero-order valence-electron chi connectivity index (χ0n) is 14.9. The molecule has 0 fully saturated rings. The maximum absolute atomic E-state index is 4.52. The molecule has 0 saturated carbocycles. The Bertz CT molecular complexity index is 621. The van der Waals surface area contributed by atoms with E-state index < -0.39 is 0 Å². The smallest absolute Gasteiger partial charge is 0.190 e. The van der Waals surface area contributed by atoms with Crippen LogP contribution in [0.25, 0.3) is 0 Å². The predicted molar refractivity (Wildman–Crippen MR) is 114 cm³/mol. The number of aliphatic imine (C=N–C) groups is 1. The molecule has 2 heterocycles. The van der Waals surface area contributed by atoms with Gasteiger partial charge in [-0.15, -0.1) is 35.3 Å². The van der Waals surface area contributed by atoms with Crippen molar-refractivity contribution in [1.82, 2.24) is 20.4 Å². The van der Waals surface area contributed by atoms with Crippen molar-refractivity contribution in [3.05, 3.63) is 39.8 Å². The van der Waals surface area contributed by atoms with Gasteiger partial charge in [-0.25, -0.2) is 0 Å². The zero-order chi connectivity index (χ0) is 16.7. The highest BCUT2D eigenvalue weighted by Crippen LogP contribution is 2.08. The third-order valence-electron chi connectivity index (χ3n) is 3.67. The molecule has 134 valence electrons. The minimum atomic E-state index is 0. The van der Waals surface area contributed by atoms with Gasteiger partial charge in [0.15, 0.2) is 5.96 Å². The lowest BCUT2D eigenvalue weighted by Gasteiger charge is -2.16. The highest BCUT2D eigenvalue weighted by atomic mass is 127. The molecule has 0 saturated heterocycles. The molecule has 2 aromatic rings. The molecule has 2 rings (SSSR count). The van der Waals surface area contributed by atoms with Crippen LogP contribution in [0.1, 0.15) is 23.2 Å². The Morgan fingerprint density at radius 2 is 2.17 bits per heavy atom. The number of rotatable bonds is 7. The fourth-order valence-corrected chi connectivity index (χ4v) is 3.18. The number of nitrogens with one attached hydrogen (secondary N) is 2. The summed E-state index contributed by atoms with van der Waals surface area (Å²) < 4.78 is 2.08. The number of guanidine groups is 1. The van der Waals surface area contributed by atoms with Crippen molar-refractivity contribution in [3.63, 3.8) is 0 Å². The van der Waals surface area contributed by atoms with Crippen molar-refractivity contribution in [2.75, 3.05) is 20.1 Å². The Labute approximate surface area is 166 Å². The van der Waals surface area contributed by atoms with E-state index in [4.69, 9.17) is 0 Å². The summed E-state index contributed by atoms with van der Waals surface area (Å²) in [6.45, 7) is 9.04. The maximum atomic E-state index is 4.52. The van der Waals surface area contributed by atoms with E-state index in [0.717, 1.165) is 37.7 Å². The first-order chi connectivity index (χ1) is 11.1. The van der Waals surface area contributed by atoms with Crippen LogP contribution in [0, 0.1) is 19.8 Å². The molecule has 0 amide bonds. The Morgan fingerprint density at radius 1 is 1.38 bits per heavy atom. The van der Waals surface area contributed by atoms with Gasteiger partial charge in [0, 0.05) is 37.3 Å². The van der Waals surface area contributed by atoms with Crippen molar-refractivity contribution >= 4 is 41.3 Å². The lowest BCUT2D eigenvalue weighted by molar-refractivity contribution is 0.436. The first-order valence-corrected chi connectivity index (χ1v) is 8.94. The van der Waals surface area contributed by atoms with Gasteiger partial charge in [-0.05, 0) is 43.7 Å². The third-order valence-corrected chi connectivity index (χ3v) is 4.61. The molecule has 1 unspecified atom stereocenters. The Kier molecular flexibility index (Phi) is 9.35. The average molecular weight is 461 g/mol. The van der Waals surface area contributed by atoms with Crippen LogP contribution in [0.15, 0.2) is 28.6 Å². The van der Waals surface area contributed by atoms with Crippen molar-refractivity contribution in [1.29, 1.82) is 0 Å². The van der Waals surface area contributed by atoms with Gasteiger partial charge in [0.1, 0.15) is 0 Å². The van der Waals surface area contributed by atoms with E-state index in [-0.39, 0.29) is 24.0 Å². The minimum absolute atomic E-state index is 0. The van der Waals surface area contributed by atoms with Crippen LogP contribution in [0.5, 0.6) is 0 Å². The molecule has 0 aromatic carbocycles. The van der Waals surface area contributed by atoms with Crippen molar-refractivity contribution in [3.8, 4) is 0 Å². The summed E-state index contributed by atoms with van der Waals surface area (Å²) in [4.78, 5) is 5.68. The summed E-state index contributed by atoms with van der Waals surface area (Å²) in [7, 11) is 1.81. The summed E-state index contributed by atoms with van der Waals surface area (Å²) in [6.07, 6.45) is 1.03. The highest BCUT2D eigenvalue weighted by molar-refractivity contribution is 14.0. The molecule has 2 N–H and O–H groups in total. The van der Waals surface area contributed by atoms with Crippen molar-refractivity contribution in [2.45, 2.75) is 33.7 Å². The first-order valence-electron chi connectivity index (χ1n) is 8.06. The molecular formula is C17H28IN5S. The quantitative estimate of drug-likeness (QED) is 0.378. The van der Waals surface area contributed by atoms with Crippen LogP contribution >= 0.6 is 35.3 Å². The molecule has 1 atom stereocenters. The molecule has 5 nitrogen and oxygen atoms in total. The van der Waals surface area contributed by atoms with Crippen LogP contribution in [-0.2, 0) is 13.0 Å². The lowest BCUT2D eigenvalue weighted by Crippen LogP contribution is -2.40. The fraction of sp³-hybridized carbons (Fsp3) is 0.529. The van der Waals surface area contributed by atoms with E-state index >= 15 is 0 Å². The summed E-state index contributed by atoms with van der Waals surface area (Å²) >= 11 is 1.79. The van der Waals surface area contributed by atoms with Crippen molar-refractivity contribution in [2.24, 2.45) is 10.9 Å². The molecule has 24 heavy (non-hydrogen) atoms. The summed E-state index contributed by atoms with van der Waals surface area (Å²) in [5.74, 6) is 1.34. The molecule has 0 bridgehead atoms. The second-order valence-corrected chi connectivity index (χ2v) is 6.96. The normalized spacial score (nSPS) is 12.6. The summed E-state index contributed by atoms with van der Waals surface area (Å²) in [5, 5.41) is 13.4. The van der Waals surface area contributed by atoms with Gasteiger partial charge in [-0.3, -0.25) is 9.67 Å². The van der Waals surface area contributed by atoms with Crippen LogP contribution < -0.4 is 10.6 Å². The number of hydrogen-bond acceptors (Lipinski definition) is 3. The van der Waals surface area contributed by atoms with Gasteiger partial charge >= 0.3 is 0 Å². The standard InChI is InChI=1S/C17H27N5S.HI/c1-13(12-22-15(3)10-14(2)21-22)11-20-17(18-4)19-8-7-16-6-5-9-23-16;/h5-6,9-10,13H,7-8,11-12H2,1-4H3,(H2,18,19,20);1H. The highest BCUT2D eigenvalue weighted by Gasteiger charge is 2.08. The van der Waals surface area contributed by atoms with Crippen molar-refractivity contribution < 1.29 is 0 Å². The molecule has 0 aliphatic carbocycles. The number of halogens is 1. The van der Waals surface area contributed by atoms with Gasteiger partial charge in [0.05, 0.1) is 5.69 Å². The molecular weight excluding hydrogens is 433 g/mol. The van der Waals surface area contributed by atoms with Crippen LogP contribution in [0.4, 0.5) is 0 Å². The largest absolute Gasteiger partial charge is 0.356 e. The predicted octanol–water partition coefficient (Wildman–Crippen LogP) is 3.22. The van der Waals surface area contributed by atoms with Crippen LogP contribution in [0.2, 0.25) is 0 Å². The monoisotopic (exact) mass is 461 g/mol. The number of thiophene rings is 1. The van der Waals surface area contributed by atoms with E-state index in [9.17, 15) is 0 Å². The topological polar surface area (TPSA) is 54.2 Å². The zero-order valence-corrected chi connectivity index (χ0v) is 18.0. The minimum Gasteiger partial charge on any atom is -0.356 e. The van der Waals surface area contributed by atoms with Gasteiger partial charge in [0.25, 0.3) is 0 Å². The van der Waals surface area contributed by atoms with Gasteiger partial charge < -0.3 is 10.6 Å². The number of aromatic nitrogens is 2. The molecule has 0 aliphatic rings. The van der Waals surface area contributed by atoms with Crippen LogP contribution in [0.3, 0.4) is 0 Å². The Morgan fingerprint density at radius 3 is 2.75 bits per heavy atom. The van der Waals surface area contributed by atoms with E-state index in [0.29, 0.717) is 5.92 Å². The molecule has 7 heteroatoms. The van der Waals surface area contributed by atoms with Crippen LogP contribution in [-0.4, -0.2) is 35.9 Å². The molecule has 2 aromatic heterocycles. The molecule has 0 aliphatic heterocycles. The molecule has 0 spiro atoms. The first kappa shape index (κ1) is 21.0. The second kappa shape index (κ2) is 10.7. The van der Waals surface area contributed by atoms with E-state index in [1.807, 2.05) is 14.0 Å². The number of aryl methyl sites for hydroxylation is 2. The van der Waals surface area contributed by atoms with Gasteiger partial charge in [0.2, 0.25) is 0 Å². The SMILES string of the molecule is CN=C(NCCc1cccs1)NCC(C)Cn1nc(C)cc1C.I. The average Bonchev–Trinajstić information content (AvgIpc) is 3.13. The number of hydrogen-bond donors (Lipinski definition) is 2. The second-order valence-electron chi connectivity index (χ2n) is 5.92. The van der Waals surface area contributed by atoms with E-state index in [2.05, 4.69) is 62.8 Å². The third kappa shape index (κ3) is 6.80. The summed E-state index contributed by atoms with van der Waals surface area (Å²) in [5.41, 5.74) is 2.29. The maximum Gasteiger partial charge on any atom is 0.190 e. The molecule has 0 radical (unpaired) electrons. The lowest BCUT2D eigenvalue weighted by atomic mass is 10.2. The number of nitrogens with zero attached hydrogens (tertiary/aromatic N) is 3. The van der Waals surface area contributed by atoms with E-state index in [1.54, 1.807) is 11.3 Å². The van der Waals surface area contributed by atoms with Gasteiger partial charge in [-0.2, -0.15) is 5.10 Å². The summed E-state index contributed by atoms with van der Waals surface area (Å²) in [6, 6.07) is 6.37. The fourth-order valence-electron chi connectivity index (χ4n) is 2.47. The van der Waals surface area contributed by atoms with Gasteiger partial charge in [-0.1, -0.05) is 13.0 Å².